The molecule has 0 aliphatic carbocycles. The van der Waals surface area contributed by atoms with Gasteiger partial charge in [0, 0.05) is 22.6 Å². The monoisotopic (exact) mass is 479 g/mol. The minimum atomic E-state index is -0.464. The largest absolute Gasteiger partial charge is 0.486 e. The molecule has 5 rings (SSSR count). The van der Waals surface area contributed by atoms with Crippen LogP contribution in [0.15, 0.2) is 105 Å². The number of benzene rings is 2. The van der Waals surface area contributed by atoms with Crippen LogP contribution in [-0.4, -0.2) is 16.7 Å². The molecule has 5 aromatic rings. The van der Waals surface area contributed by atoms with E-state index in [0.717, 1.165) is 17.0 Å². The van der Waals surface area contributed by atoms with Gasteiger partial charge in [-0.15, -0.1) is 0 Å². The number of rotatable bonds is 8. The molecule has 3 aromatic heterocycles. The average molecular weight is 480 g/mol. The van der Waals surface area contributed by atoms with Crippen molar-refractivity contribution >= 4 is 12.1 Å². The number of hydrazone groups is 1. The number of carbonyl (C=O) groups excluding carboxylic acids is 1. The molecule has 1 amide bonds. The molecule has 36 heavy (non-hydrogen) atoms. The predicted molar refractivity (Wildman–Crippen MR) is 137 cm³/mol. The van der Waals surface area contributed by atoms with Crippen molar-refractivity contribution in [3.8, 4) is 22.8 Å². The molecule has 0 aliphatic heterocycles. The summed E-state index contributed by atoms with van der Waals surface area (Å²) >= 11 is 0. The molecule has 1 N–H and O–H groups in total. The van der Waals surface area contributed by atoms with Gasteiger partial charge in [0.15, 0.2) is 5.76 Å². The number of aromatic nitrogens is 1. The van der Waals surface area contributed by atoms with Crippen LogP contribution in [0.3, 0.4) is 0 Å². The lowest BCUT2D eigenvalue weighted by molar-refractivity contribution is 0.0923. The quantitative estimate of drug-likeness (QED) is 0.209. The van der Waals surface area contributed by atoms with Gasteiger partial charge in [0.2, 0.25) is 0 Å². The van der Waals surface area contributed by atoms with E-state index in [1.165, 1.54) is 17.6 Å². The highest BCUT2D eigenvalue weighted by Crippen LogP contribution is 2.22. The third kappa shape index (κ3) is 5.15. The number of hydrogen-bond acceptors (Lipinski definition) is 5. The third-order valence-corrected chi connectivity index (χ3v) is 5.68. The molecule has 7 heteroatoms. The predicted octanol–water partition coefficient (Wildman–Crippen LogP) is 6.29. The number of hydrogen-bond donors (Lipinski definition) is 1. The van der Waals surface area contributed by atoms with Crippen LogP contribution in [0.25, 0.3) is 17.0 Å². The van der Waals surface area contributed by atoms with Crippen molar-refractivity contribution in [3.63, 3.8) is 0 Å². The van der Waals surface area contributed by atoms with Gasteiger partial charge in [0.05, 0.1) is 6.21 Å². The number of ether oxygens (including phenoxy) is 1. The Morgan fingerprint density at radius 3 is 2.39 bits per heavy atom. The van der Waals surface area contributed by atoms with E-state index in [1.54, 1.807) is 18.2 Å². The summed E-state index contributed by atoms with van der Waals surface area (Å²) < 4.78 is 19.3. The van der Waals surface area contributed by atoms with Crippen LogP contribution < -0.4 is 10.2 Å². The molecular formula is C29H25N3O4. The normalized spacial score (nSPS) is 11.2. The number of carbonyl (C=O) groups is 1. The van der Waals surface area contributed by atoms with Gasteiger partial charge in [-0.05, 0) is 74.5 Å². The van der Waals surface area contributed by atoms with Gasteiger partial charge in [-0.3, -0.25) is 4.79 Å². The standard InChI is InChI=1S/C29H25N3O4/c1-20-8-9-21(2)32(20)23-10-12-24(13-11-23)34-19-26-15-17-28(36-26)29(33)31-30-18-25-14-16-27(35-25)22-6-4-3-5-7-22/h3-18H,19H2,1-2H3,(H,31,33). The fraction of sp³-hybridized carbons (Fsp3) is 0.103. The van der Waals surface area contributed by atoms with E-state index < -0.39 is 5.91 Å². The topological polar surface area (TPSA) is 81.9 Å². The summed E-state index contributed by atoms with van der Waals surface area (Å²) in [5.41, 5.74) is 6.83. The second-order valence-electron chi connectivity index (χ2n) is 8.27. The van der Waals surface area contributed by atoms with E-state index in [9.17, 15) is 4.79 Å². The number of nitrogens with zero attached hydrogens (tertiary/aromatic N) is 2. The van der Waals surface area contributed by atoms with Gasteiger partial charge in [0.1, 0.15) is 29.6 Å². The van der Waals surface area contributed by atoms with Crippen molar-refractivity contribution in [1.29, 1.82) is 0 Å². The molecule has 0 atom stereocenters. The van der Waals surface area contributed by atoms with Crippen molar-refractivity contribution < 1.29 is 18.4 Å². The zero-order valence-corrected chi connectivity index (χ0v) is 20.0. The van der Waals surface area contributed by atoms with Crippen LogP contribution in [-0.2, 0) is 6.61 Å². The van der Waals surface area contributed by atoms with Gasteiger partial charge < -0.3 is 18.1 Å². The first-order valence-electron chi connectivity index (χ1n) is 11.5. The smallest absolute Gasteiger partial charge is 0.307 e. The lowest BCUT2D eigenvalue weighted by atomic mass is 10.2. The Bertz CT molecular complexity index is 1470. The van der Waals surface area contributed by atoms with E-state index >= 15 is 0 Å². The molecule has 0 spiro atoms. The second kappa shape index (κ2) is 10.2. The summed E-state index contributed by atoms with van der Waals surface area (Å²) in [6, 6.07) is 28.7. The van der Waals surface area contributed by atoms with Crippen LogP contribution in [0.4, 0.5) is 0 Å². The Morgan fingerprint density at radius 2 is 1.64 bits per heavy atom. The van der Waals surface area contributed by atoms with Crippen LogP contribution >= 0.6 is 0 Å². The summed E-state index contributed by atoms with van der Waals surface area (Å²) in [4.78, 5) is 12.4. The molecule has 2 aromatic carbocycles. The van der Waals surface area contributed by atoms with Gasteiger partial charge in [-0.1, -0.05) is 30.3 Å². The maximum Gasteiger partial charge on any atom is 0.307 e. The number of amides is 1. The van der Waals surface area contributed by atoms with Crippen LogP contribution in [0.1, 0.15) is 33.5 Å². The zero-order chi connectivity index (χ0) is 24.9. The van der Waals surface area contributed by atoms with Crippen molar-refractivity contribution in [3.05, 3.63) is 120 Å². The molecular weight excluding hydrogens is 454 g/mol. The van der Waals surface area contributed by atoms with Crippen LogP contribution in [0.2, 0.25) is 0 Å². The Labute approximate surface area is 208 Å². The maximum atomic E-state index is 12.4. The van der Waals surface area contributed by atoms with Gasteiger partial charge in [-0.2, -0.15) is 5.10 Å². The molecule has 0 radical (unpaired) electrons. The van der Waals surface area contributed by atoms with Gasteiger partial charge >= 0.3 is 5.91 Å². The molecule has 180 valence electrons. The summed E-state index contributed by atoms with van der Waals surface area (Å²) in [5, 5.41) is 3.96. The average Bonchev–Trinajstić information content (AvgIpc) is 3.64. The first-order valence-corrected chi connectivity index (χ1v) is 11.5. The van der Waals surface area contributed by atoms with E-state index in [4.69, 9.17) is 13.6 Å². The Kier molecular flexibility index (Phi) is 6.53. The second-order valence-corrected chi connectivity index (χ2v) is 8.27. The molecule has 7 nitrogen and oxygen atoms in total. The van der Waals surface area contributed by atoms with Crippen molar-refractivity contribution in [2.45, 2.75) is 20.5 Å². The van der Waals surface area contributed by atoms with Crippen LogP contribution in [0.5, 0.6) is 5.75 Å². The van der Waals surface area contributed by atoms with Crippen molar-refractivity contribution in [2.75, 3.05) is 0 Å². The molecule has 0 bridgehead atoms. The van der Waals surface area contributed by atoms with Crippen molar-refractivity contribution in [1.82, 2.24) is 9.99 Å². The first kappa shape index (κ1) is 23.0. The van der Waals surface area contributed by atoms with Gasteiger partial charge in [0.25, 0.3) is 0 Å². The van der Waals surface area contributed by atoms with E-state index in [0.29, 0.717) is 17.3 Å². The van der Waals surface area contributed by atoms with E-state index in [1.807, 2.05) is 60.7 Å². The molecule has 0 saturated carbocycles. The third-order valence-electron chi connectivity index (χ3n) is 5.68. The maximum absolute atomic E-state index is 12.4. The number of furan rings is 2. The lowest BCUT2D eigenvalue weighted by Crippen LogP contribution is -2.16. The fourth-order valence-electron chi connectivity index (χ4n) is 3.89. The molecule has 0 aliphatic rings. The minimum Gasteiger partial charge on any atom is -0.486 e. The molecule has 0 saturated heterocycles. The minimum absolute atomic E-state index is 0.143. The number of nitrogens with one attached hydrogen (secondary N) is 1. The summed E-state index contributed by atoms with van der Waals surface area (Å²) in [6.45, 7) is 4.35. The van der Waals surface area contributed by atoms with E-state index in [-0.39, 0.29) is 12.4 Å². The fourth-order valence-corrected chi connectivity index (χ4v) is 3.89. The molecule has 0 unspecified atom stereocenters. The lowest BCUT2D eigenvalue weighted by Gasteiger charge is -2.10. The first-order chi connectivity index (χ1) is 17.6. The summed E-state index contributed by atoms with van der Waals surface area (Å²) in [5.74, 6) is 2.17. The van der Waals surface area contributed by atoms with Gasteiger partial charge in [-0.25, -0.2) is 5.43 Å². The molecule has 3 heterocycles. The highest BCUT2D eigenvalue weighted by molar-refractivity contribution is 5.92. The Morgan fingerprint density at radius 1 is 0.889 bits per heavy atom. The number of aryl methyl sites for hydroxylation is 2. The Hall–Kier alpha value is -4.78. The molecule has 0 fully saturated rings. The van der Waals surface area contributed by atoms with Crippen LogP contribution in [0, 0.1) is 13.8 Å². The summed E-state index contributed by atoms with van der Waals surface area (Å²) in [6.07, 6.45) is 1.44. The highest BCUT2D eigenvalue weighted by atomic mass is 16.5. The van der Waals surface area contributed by atoms with Crippen molar-refractivity contribution in [2.24, 2.45) is 5.10 Å². The summed E-state index contributed by atoms with van der Waals surface area (Å²) in [7, 11) is 0. The Balaban J connectivity index is 1.13. The highest BCUT2D eigenvalue weighted by Gasteiger charge is 2.11. The SMILES string of the molecule is Cc1ccc(C)n1-c1ccc(OCc2ccc(C(=O)NN=Cc3ccc(-c4ccccc4)o3)o2)cc1. The van der Waals surface area contributed by atoms with E-state index in [2.05, 4.69) is 41.1 Å². The zero-order valence-electron chi connectivity index (χ0n) is 20.0.